The Morgan fingerprint density at radius 1 is 1.12 bits per heavy atom. The smallest absolute Gasteiger partial charge is 0.269 e. The lowest BCUT2D eigenvalue weighted by molar-refractivity contribution is -0.384. The zero-order valence-electron chi connectivity index (χ0n) is 14.6. The van der Waals surface area contributed by atoms with Crippen LogP contribution < -0.4 is 14.2 Å². The van der Waals surface area contributed by atoms with Gasteiger partial charge in [-0.2, -0.15) is 0 Å². The molecule has 0 aliphatic rings. The van der Waals surface area contributed by atoms with Crippen LogP contribution in [0.4, 0.5) is 5.69 Å². The van der Waals surface area contributed by atoms with Crippen LogP contribution in [-0.4, -0.2) is 27.6 Å². The Bertz CT molecular complexity index is 898. The quantitative estimate of drug-likeness (QED) is 0.557. The van der Waals surface area contributed by atoms with Gasteiger partial charge in [0.2, 0.25) is 10.0 Å². The molecular weight excluding hydrogens is 360 g/mol. The van der Waals surface area contributed by atoms with Gasteiger partial charge in [-0.05, 0) is 30.2 Å². The molecule has 8 nitrogen and oxygen atoms in total. The summed E-state index contributed by atoms with van der Waals surface area (Å²) in [5, 5.41) is 10.8. The number of methoxy groups -OCH3 is 2. The van der Waals surface area contributed by atoms with Crippen LogP contribution in [0, 0.1) is 10.1 Å². The Kier molecular flexibility index (Phi) is 6.17. The Morgan fingerprint density at radius 3 is 2.42 bits per heavy atom. The fourth-order valence-electron chi connectivity index (χ4n) is 2.48. The second-order valence-electron chi connectivity index (χ2n) is 5.64. The fraction of sp³-hybridized carbons (Fsp3) is 0.294. The molecular formula is C17H20N2O6S. The summed E-state index contributed by atoms with van der Waals surface area (Å²) in [7, 11) is -0.689. The zero-order chi connectivity index (χ0) is 19.3. The monoisotopic (exact) mass is 380 g/mol. The Balaban J connectivity index is 2.16. The van der Waals surface area contributed by atoms with E-state index < -0.39 is 21.0 Å². The van der Waals surface area contributed by atoms with Gasteiger partial charge in [0.15, 0.2) is 11.5 Å². The minimum Gasteiger partial charge on any atom is -0.493 e. The molecule has 26 heavy (non-hydrogen) atoms. The molecule has 0 heterocycles. The molecule has 0 saturated carbocycles. The third-order valence-corrected chi connectivity index (χ3v) is 5.17. The molecule has 0 aliphatic heterocycles. The van der Waals surface area contributed by atoms with Crippen molar-refractivity contribution in [1.82, 2.24) is 4.72 Å². The van der Waals surface area contributed by atoms with Crippen molar-refractivity contribution < 1.29 is 22.8 Å². The van der Waals surface area contributed by atoms with E-state index in [0.717, 1.165) is 0 Å². The Labute approximate surface area is 152 Å². The van der Waals surface area contributed by atoms with Crippen LogP contribution >= 0.6 is 0 Å². The third-order valence-electron chi connectivity index (χ3n) is 3.74. The molecule has 1 unspecified atom stereocenters. The van der Waals surface area contributed by atoms with Crippen LogP contribution in [0.1, 0.15) is 24.1 Å². The SMILES string of the molecule is COc1ccc(C(C)NS(=O)(=O)Cc2cccc([N+](=O)[O-])c2)cc1OC. The molecule has 0 aliphatic carbocycles. The summed E-state index contributed by atoms with van der Waals surface area (Å²) in [5.74, 6) is 0.685. The van der Waals surface area contributed by atoms with Crippen LogP contribution in [0.15, 0.2) is 42.5 Å². The van der Waals surface area contributed by atoms with Crippen molar-refractivity contribution >= 4 is 15.7 Å². The van der Waals surface area contributed by atoms with Gasteiger partial charge in [-0.25, -0.2) is 13.1 Å². The molecule has 1 N–H and O–H groups in total. The van der Waals surface area contributed by atoms with Crippen molar-refractivity contribution in [3.8, 4) is 11.5 Å². The topological polar surface area (TPSA) is 108 Å². The van der Waals surface area contributed by atoms with Crippen molar-refractivity contribution in [3.63, 3.8) is 0 Å². The molecule has 2 rings (SSSR count). The Hall–Kier alpha value is -2.65. The molecule has 0 fully saturated rings. The molecule has 2 aromatic carbocycles. The number of hydrogen-bond acceptors (Lipinski definition) is 6. The van der Waals surface area contributed by atoms with E-state index in [9.17, 15) is 18.5 Å². The van der Waals surface area contributed by atoms with Crippen LogP contribution in [0.25, 0.3) is 0 Å². The van der Waals surface area contributed by atoms with Crippen molar-refractivity contribution in [2.45, 2.75) is 18.7 Å². The number of nitrogens with zero attached hydrogens (tertiary/aromatic N) is 1. The number of non-ortho nitro benzene ring substituents is 1. The van der Waals surface area contributed by atoms with Gasteiger partial charge in [-0.1, -0.05) is 18.2 Å². The molecule has 0 radical (unpaired) electrons. The van der Waals surface area contributed by atoms with Gasteiger partial charge in [0.25, 0.3) is 5.69 Å². The second-order valence-corrected chi connectivity index (χ2v) is 7.39. The van der Waals surface area contributed by atoms with E-state index in [1.807, 2.05) is 0 Å². The van der Waals surface area contributed by atoms with Gasteiger partial charge in [-0.3, -0.25) is 10.1 Å². The maximum atomic E-state index is 12.4. The average Bonchev–Trinajstić information content (AvgIpc) is 2.60. The van der Waals surface area contributed by atoms with E-state index >= 15 is 0 Å². The summed E-state index contributed by atoms with van der Waals surface area (Å²) in [6, 6.07) is 10.2. The first-order valence-corrected chi connectivity index (χ1v) is 9.36. The van der Waals surface area contributed by atoms with E-state index in [1.165, 1.54) is 38.5 Å². The zero-order valence-corrected chi connectivity index (χ0v) is 15.4. The highest BCUT2D eigenvalue weighted by molar-refractivity contribution is 7.88. The Morgan fingerprint density at radius 2 is 1.81 bits per heavy atom. The number of nitro groups is 1. The van der Waals surface area contributed by atoms with E-state index in [2.05, 4.69) is 4.72 Å². The highest BCUT2D eigenvalue weighted by Gasteiger charge is 2.19. The van der Waals surface area contributed by atoms with Crippen LogP contribution in [0.3, 0.4) is 0 Å². The number of nitrogens with one attached hydrogen (secondary N) is 1. The van der Waals surface area contributed by atoms with Crippen LogP contribution in [-0.2, 0) is 15.8 Å². The lowest BCUT2D eigenvalue weighted by atomic mass is 10.1. The summed E-state index contributed by atoms with van der Waals surface area (Å²) >= 11 is 0. The summed E-state index contributed by atoms with van der Waals surface area (Å²) in [6.45, 7) is 1.70. The molecule has 0 spiro atoms. The van der Waals surface area contributed by atoms with Crippen molar-refractivity contribution in [1.29, 1.82) is 0 Å². The maximum absolute atomic E-state index is 12.4. The predicted molar refractivity (Wildman–Crippen MR) is 96.8 cm³/mol. The first-order chi connectivity index (χ1) is 12.3. The van der Waals surface area contributed by atoms with Gasteiger partial charge in [0.1, 0.15) is 0 Å². The van der Waals surface area contributed by atoms with E-state index in [1.54, 1.807) is 25.1 Å². The summed E-state index contributed by atoms with van der Waals surface area (Å²) in [6.07, 6.45) is 0. The molecule has 2 aromatic rings. The van der Waals surface area contributed by atoms with Crippen LogP contribution in [0.5, 0.6) is 11.5 Å². The first-order valence-electron chi connectivity index (χ1n) is 7.71. The molecule has 0 bridgehead atoms. The van der Waals surface area contributed by atoms with Gasteiger partial charge in [0, 0.05) is 18.2 Å². The first kappa shape index (κ1) is 19.7. The van der Waals surface area contributed by atoms with Crippen molar-refractivity contribution in [3.05, 3.63) is 63.7 Å². The van der Waals surface area contributed by atoms with Crippen molar-refractivity contribution in [2.24, 2.45) is 0 Å². The lowest BCUT2D eigenvalue weighted by Crippen LogP contribution is -2.28. The normalized spacial score (nSPS) is 12.4. The number of nitro benzene ring substituents is 1. The van der Waals surface area contributed by atoms with Crippen molar-refractivity contribution in [2.75, 3.05) is 14.2 Å². The summed E-state index contributed by atoms with van der Waals surface area (Å²) in [4.78, 5) is 10.3. The van der Waals surface area contributed by atoms with E-state index in [0.29, 0.717) is 22.6 Å². The number of benzene rings is 2. The minimum absolute atomic E-state index is 0.148. The second kappa shape index (κ2) is 8.15. The number of rotatable bonds is 8. The summed E-state index contributed by atoms with van der Waals surface area (Å²) < 4.78 is 37.8. The molecule has 9 heteroatoms. The highest BCUT2D eigenvalue weighted by Crippen LogP contribution is 2.30. The summed E-state index contributed by atoms with van der Waals surface area (Å²) in [5.41, 5.74) is 0.891. The molecule has 1 atom stereocenters. The molecule has 0 aromatic heterocycles. The number of ether oxygens (including phenoxy) is 2. The van der Waals surface area contributed by atoms with Gasteiger partial charge in [-0.15, -0.1) is 0 Å². The van der Waals surface area contributed by atoms with E-state index in [-0.39, 0.29) is 11.4 Å². The molecule has 0 amide bonds. The minimum atomic E-state index is -3.70. The fourth-order valence-corrected chi connectivity index (χ4v) is 3.86. The van der Waals surface area contributed by atoms with Crippen LogP contribution in [0.2, 0.25) is 0 Å². The van der Waals surface area contributed by atoms with Gasteiger partial charge >= 0.3 is 0 Å². The number of sulfonamides is 1. The number of hydrogen-bond donors (Lipinski definition) is 1. The standard InChI is InChI=1S/C17H20N2O6S/c1-12(14-7-8-16(24-2)17(10-14)25-3)18-26(22,23)11-13-5-4-6-15(9-13)19(20)21/h4-10,12,18H,11H2,1-3H3. The van der Waals surface area contributed by atoms with E-state index in [4.69, 9.17) is 9.47 Å². The molecule has 140 valence electrons. The van der Waals surface area contributed by atoms with Gasteiger partial charge < -0.3 is 9.47 Å². The molecule has 0 saturated heterocycles. The predicted octanol–water partition coefficient (Wildman–Crippen LogP) is 2.79. The maximum Gasteiger partial charge on any atom is 0.269 e. The third kappa shape index (κ3) is 4.93. The average molecular weight is 380 g/mol. The lowest BCUT2D eigenvalue weighted by Gasteiger charge is -2.16. The largest absolute Gasteiger partial charge is 0.493 e. The highest BCUT2D eigenvalue weighted by atomic mass is 32.2. The van der Waals surface area contributed by atoms with Gasteiger partial charge in [0.05, 0.1) is 24.9 Å².